The summed E-state index contributed by atoms with van der Waals surface area (Å²) in [6, 6.07) is 5.74. The third-order valence-corrected chi connectivity index (χ3v) is 4.14. The van der Waals surface area contributed by atoms with Crippen molar-refractivity contribution in [3.05, 3.63) is 50.8 Å². The highest BCUT2D eigenvalue weighted by atomic mass is 79.9. The van der Waals surface area contributed by atoms with Crippen LogP contribution in [-0.4, -0.2) is 15.7 Å². The molecule has 0 unspecified atom stereocenters. The summed E-state index contributed by atoms with van der Waals surface area (Å²) in [4.78, 5) is 12.3. The van der Waals surface area contributed by atoms with Crippen molar-refractivity contribution in [2.24, 2.45) is 7.05 Å². The number of carbonyl (C=O) groups is 1. The van der Waals surface area contributed by atoms with Crippen LogP contribution in [0.5, 0.6) is 0 Å². The van der Waals surface area contributed by atoms with E-state index < -0.39 is 0 Å². The third kappa shape index (κ3) is 2.93. The minimum Gasteiger partial charge on any atom is -0.348 e. The fourth-order valence-electron chi connectivity index (χ4n) is 2.15. The highest BCUT2D eigenvalue weighted by Crippen LogP contribution is 2.18. The largest absolute Gasteiger partial charge is 0.348 e. The van der Waals surface area contributed by atoms with Gasteiger partial charge in [0, 0.05) is 29.3 Å². The predicted octanol–water partition coefficient (Wildman–Crippen LogP) is 3.04. The van der Waals surface area contributed by atoms with Crippen molar-refractivity contribution in [1.29, 1.82) is 0 Å². The molecule has 106 valence electrons. The molecule has 0 bridgehead atoms. The summed E-state index contributed by atoms with van der Waals surface area (Å²) in [5, 5.41) is 7.31. The van der Waals surface area contributed by atoms with E-state index >= 15 is 0 Å². The SMILES string of the molecule is Cc1ccc(Br)c(C(=O)NCc2c(C)nn(C)c2C)c1. The van der Waals surface area contributed by atoms with Gasteiger partial charge in [0.15, 0.2) is 0 Å². The molecule has 0 aliphatic heterocycles. The van der Waals surface area contributed by atoms with Crippen LogP contribution in [0.4, 0.5) is 0 Å². The number of aromatic nitrogens is 2. The smallest absolute Gasteiger partial charge is 0.252 e. The number of hydrogen-bond acceptors (Lipinski definition) is 2. The Balaban J connectivity index is 2.15. The Kier molecular flexibility index (Phi) is 4.28. The molecule has 4 nitrogen and oxygen atoms in total. The lowest BCUT2D eigenvalue weighted by Crippen LogP contribution is -2.24. The molecule has 0 saturated carbocycles. The van der Waals surface area contributed by atoms with Crippen LogP contribution in [0.15, 0.2) is 22.7 Å². The predicted molar refractivity (Wildman–Crippen MR) is 82.7 cm³/mol. The van der Waals surface area contributed by atoms with Gasteiger partial charge in [-0.25, -0.2) is 0 Å². The van der Waals surface area contributed by atoms with Gasteiger partial charge in [-0.1, -0.05) is 11.6 Å². The van der Waals surface area contributed by atoms with Crippen LogP contribution in [0.2, 0.25) is 0 Å². The van der Waals surface area contributed by atoms with Gasteiger partial charge < -0.3 is 5.32 Å². The first-order valence-corrected chi connectivity index (χ1v) is 7.23. The van der Waals surface area contributed by atoms with Crippen molar-refractivity contribution in [3.63, 3.8) is 0 Å². The topological polar surface area (TPSA) is 46.9 Å². The number of carbonyl (C=O) groups excluding carboxylic acids is 1. The summed E-state index contributed by atoms with van der Waals surface area (Å²) < 4.78 is 2.64. The van der Waals surface area contributed by atoms with E-state index in [1.54, 1.807) is 0 Å². The second-order valence-corrected chi connectivity index (χ2v) is 5.79. The summed E-state index contributed by atoms with van der Waals surface area (Å²) in [6.07, 6.45) is 0. The van der Waals surface area contributed by atoms with E-state index in [-0.39, 0.29) is 5.91 Å². The number of nitrogens with zero attached hydrogens (tertiary/aromatic N) is 2. The summed E-state index contributed by atoms with van der Waals surface area (Å²) >= 11 is 3.41. The molecule has 0 atom stereocenters. The van der Waals surface area contributed by atoms with Crippen molar-refractivity contribution >= 4 is 21.8 Å². The lowest BCUT2D eigenvalue weighted by Gasteiger charge is -2.08. The first-order chi connectivity index (χ1) is 9.40. The van der Waals surface area contributed by atoms with E-state index in [1.165, 1.54) is 0 Å². The highest BCUT2D eigenvalue weighted by molar-refractivity contribution is 9.10. The minimum absolute atomic E-state index is 0.0803. The number of rotatable bonds is 3. The summed E-state index contributed by atoms with van der Waals surface area (Å²) in [7, 11) is 1.91. The summed E-state index contributed by atoms with van der Waals surface area (Å²) in [5.74, 6) is -0.0803. The molecule has 0 aliphatic rings. The van der Waals surface area contributed by atoms with E-state index in [1.807, 2.05) is 50.7 Å². The van der Waals surface area contributed by atoms with E-state index in [9.17, 15) is 4.79 Å². The van der Waals surface area contributed by atoms with Crippen molar-refractivity contribution in [3.8, 4) is 0 Å². The van der Waals surface area contributed by atoms with Crippen molar-refractivity contribution < 1.29 is 4.79 Å². The number of benzene rings is 1. The van der Waals surface area contributed by atoms with Crippen LogP contribution in [0, 0.1) is 20.8 Å². The molecule has 0 radical (unpaired) electrons. The monoisotopic (exact) mass is 335 g/mol. The van der Waals surface area contributed by atoms with E-state index in [0.29, 0.717) is 12.1 Å². The van der Waals surface area contributed by atoms with E-state index in [4.69, 9.17) is 0 Å². The molecule has 1 aromatic carbocycles. The van der Waals surface area contributed by atoms with E-state index in [0.717, 1.165) is 27.0 Å². The Morgan fingerprint density at radius 3 is 2.65 bits per heavy atom. The second-order valence-electron chi connectivity index (χ2n) is 4.94. The molecular formula is C15H18BrN3O. The van der Waals surface area contributed by atoms with Gasteiger partial charge in [0.2, 0.25) is 0 Å². The lowest BCUT2D eigenvalue weighted by molar-refractivity contribution is 0.0950. The maximum Gasteiger partial charge on any atom is 0.252 e. The van der Waals surface area contributed by atoms with Crippen LogP contribution in [0.1, 0.15) is 32.9 Å². The van der Waals surface area contributed by atoms with Crippen LogP contribution in [-0.2, 0) is 13.6 Å². The zero-order valence-corrected chi connectivity index (χ0v) is 13.7. The zero-order valence-electron chi connectivity index (χ0n) is 12.1. The van der Waals surface area contributed by atoms with Crippen molar-refractivity contribution in [2.75, 3.05) is 0 Å². The Morgan fingerprint density at radius 2 is 2.05 bits per heavy atom. The number of amides is 1. The average Bonchev–Trinajstić information content (AvgIpc) is 2.64. The lowest BCUT2D eigenvalue weighted by atomic mass is 10.1. The Bertz CT molecular complexity index is 661. The Labute approximate surface area is 127 Å². The highest BCUT2D eigenvalue weighted by Gasteiger charge is 2.13. The van der Waals surface area contributed by atoms with Crippen LogP contribution < -0.4 is 5.32 Å². The molecule has 20 heavy (non-hydrogen) atoms. The fourth-order valence-corrected chi connectivity index (χ4v) is 2.58. The summed E-state index contributed by atoms with van der Waals surface area (Å²) in [5.41, 5.74) is 4.82. The van der Waals surface area contributed by atoms with Crippen molar-refractivity contribution in [2.45, 2.75) is 27.3 Å². The van der Waals surface area contributed by atoms with Gasteiger partial charge in [0.25, 0.3) is 5.91 Å². The fraction of sp³-hybridized carbons (Fsp3) is 0.333. The molecule has 2 rings (SSSR count). The molecule has 0 spiro atoms. The minimum atomic E-state index is -0.0803. The van der Waals surface area contributed by atoms with Crippen LogP contribution >= 0.6 is 15.9 Å². The van der Waals surface area contributed by atoms with Gasteiger partial charge in [-0.05, 0) is 48.8 Å². The Hall–Kier alpha value is -1.62. The zero-order chi connectivity index (χ0) is 14.9. The quantitative estimate of drug-likeness (QED) is 0.937. The van der Waals surface area contributed by atoms with Gasteiger partial charge in [-0.15, -0.1) is 0 Å². The first kappa shape index (κ1) is 14.8. The van der Waals surface area contributed by atoms with Crippen molar-refractivity contribution in [1.82, 2.24) is 15.1 Å². The summed E-state index contributed by atoms with van der Waals surface area (Å²) in [6.45, 7) is 6.42. The molecule has 0 saturated heterocycles. The van der Waals surface area contributed by atoms with E-state index in [2.05, 4.69) is 26.3 Å². The Morgan fingerprint density at radius 1 is 1.35 bits per heavy atom. The standard InChI is InChI=1S/C15H18BrN3O/c1-9-5-6-14(16)12(7-9)15(20)17-8-13-10(2)18-19(4)11(13)3/h5-7H,8H2,1-4H3,(H,17,20). The molecule has 2 aromatic rings. The first-order valence-electron chi connectivity index (χ1n) is 6.43. The molecule has 0 aliphatic carbocycles. The van der Waals surface area contributed by atoms with Gasteiger partial charge in [0.05, 0.1) is 11.3 Å². The van der Waals surface area contributed by atoms with Crippen LogP contribution in [0.3, 0.4) is 0 Å². The molecule has 5 heteroatoms. The third-order valence-electron chi connectivity index (χ3n) is 3.45. The molecule has 1 aromatic heterocycles. The molecule has 1 heterocycles. The second kappa shape index (κ2) is 5.79. The molecular weight excluding hydrogens is 318 g/mol. The van der Waals surface area contributed by atoms with Gasteiger partial charge in [-0.2, -0.15) is 5.10 Å². The number of hydrogen-bond donors (Lipinski definition) is 1. The number of nitrogens with one attached hydrogen (secondary N) is 1. The van der Waals surface area contributed by atoms with Crippen LogP contribution in [0.25, 0.3) is 0 Å². The van der Waals surface area contributed by atoms with Gasteiger partial charge in [-0.3, -0.25) is 9.48 Å². The molecule has 1 N–H and O–H groups in total. The number of aryl methyl sites for hydroxylation is 3. The number of halogens is 1. The maximum absolute atomic E-state index is 12.3. The average molecular weight is 336 g/mol. The molecule has 0 fully saturated rings. The molecule has 1 amide bonds. The maximum atomic E-state index is 12.3. The van der Waals surface area contributed by atoms with Gasteiger partial charge >= 0.3 is 0 Å². The van der Waals surface area contributed by atoms with Gasteiger partial charge in [0.1, 0.15) is 0 Å². The normalized spacial score (nSPS) is 10.7.